The van der Waals surface area contributed by atoms with Crippen LogP contribution in [0.4, 0.5) is 5.82 Å². The van der Waals surface area contributed by atoms with Crippen LogP contribution in [-0.4, -0.2) is 28.2 Å². The largest absolute Gasteiger partial charge is 0.384 e. The summed E-state index contributed by atoms with van der Waals surface area (Å²) in [6, 6.07) is 10.3. The molecular formula is C18H22N4OS. The van der Waals surface area contributed by atoms with Crippen molar-refractivity contribution in [3.8, 4) is 0 Å². The van der Waals surface area contributed by atoms with E-state index in [-0.39, 0.29) is 5.91 Å². The topological polar surface area (TPSA) is 80.9 Å². The van der Waals surface area contributed by atoms with Gasteiger partial charge in [-0.15, -0.1) is 0 Å². The van der Waals surface area contributed by atoms with E-state index in [1.54, 1.807) is 6.07 Å². The molecule has 1 aliphatic rings. The highest BCUT2D eigenvalue weighted by Crippen LogP contribution is 2.30. The van der Waals surface area contributed by atoms with Crippen molar-refractivity contribution < 1.29 is 4.79 Å². The van der Waals surface area contributed by atoms with E-state index in [2.05, 4.69) is 39.6 Å². The van der Waals surface area contributed by atoms with Crippen LogP contribution < -0.4 is 11.1 Å². The molecule has 1 aromatic carbocycles. The summed E-state index contributed by atoms with van der Waals surface area (Å²) in [5.41, 5.74) is 9.31. The van der Waals surface area contributed by atoms with Gasteiger partial charge < -0.3 is 11.1 Å². The first kappa shape index (κ1) is 16.8. The van der Waals surface area contributed by atoms with Gasteiger partial charge in [0.2, 0.25) is 5.91 Å². The highest BCUT2D eigenvalue weighted by Gasteiger charge is 2.20. The normalized spacial score (nSPS) is 16.5. The summed E-state index contributed by atoms with van der Waals surface area (Å²) in [7, 11) is 0. The summed E-state index contributed by atoms with van der Waals surface area (Å²) in [5.74, 6) is 1.16. The average Bonchev–Trinajstić information content (AvgIpc) is 2.57. The fourth-order valence-corrected chi connectivity index (χ4v) is 3.85. The van der Waals surface area contributed by atoms with E-state index < -0.39 is 0 Å². The molecule has 1 aromatic heterocycles. The van der Waals surface area contributed by atoms with Crippen LogP contribution in [0.2, 0.25) is 0 Å². The van der Waals surface area contributed by atoms with Gasteiger partial charge in [-0.05, 0) is 37.3 Å². The Labute approximate surface area is 146 Å². The molecule has 0 fully saturated rings. The SMILES string of the molecule is Cc1cc(N)nc(SCC(=O)NCC2CCCc3ccccc32)n1. The molecule has 2 aromatic rings. The molecule has 3 N–H and O–H groups in total. The molecule has 0 saturated carbocycles. The summed E-state index contributed by atoms with van der Waals surface area (Å²) in [6.45, 7) is 2.55. The number of amides is 1. The van der Waals surface area contributed by atoms with Crippen LogP contribution in [0.3, 0.4) is 0 Å². The molecule has 0 spiro atoms. The molecular weight excluding hydrogens is 320 g/mol. The molecule has 0 bridgehead atoms. The third-order valence-corrected chi connectivity index (χ3v) is 5.07. The third-order valence-electron chi connectivity index (χ3n) is 4.23. The first-order chi connectivity index (χ1) is 11.6. The van der Waals surface area contributed by atoms with Crippen molar-refractivity contribution in [2.75, 3.05) is 18.0 Å². The first-order valence-electron chi connectivity index (χ1n) is 8.20. The molecule has 126 valence electrons. The number of nitrogens with one attached hydrogen (secondary N) is 1. The van der Waals surface area contributed by atoms with E-state index in [4.69, 9.17) is 5.73 Å². The zero-order valence-corrected chi connectivity index (χ0v) is 14.6. The molecule has 1 atom stereocenters. The summed E-state index contributed by atoms with van der Waals surface area (Å²) in [5, 5.41) is 3.59. The van der Waals surface area contributed by atoms with Gasteiger partial charge in [0.1, 0.15) is 5.82 Å². The quantitative estimate of drug-likeness (QED) is 0.645. The summed E-state index contributed by atoms with van der Waals surface area (Å²) in [6.07, 6.45) is 3.45. The Bertz CT molecular complexity index is 714. The average molecular weight is 342 g/mol. The van der Waals surface area contributed by atoms with Gasteiger partial charge in [-0.3, -0.25) is 4.79 Å². The van der Waals surface area contributed by atoms with E-state index in [1.165, 1.54) is 29.3 Å². The van der Waals surface area contributed by atoms with Crippen molar-refractivity contribution in [2.24, 2.45) is 0 Å². The Morgan fingerprint density at radius 1 is 1.38 bits per heavy atom. The van der Waals surface area contributed by atoms with Crippen molar-refractivity contribution in [1.29, 1.82) is 0 Å². The number of fused-ring (bicyclic) bond motifs is 1. The van der Waals surface area contributed by atoms with Crippen molar-refractivity contribution in [3.63, 3.8) is 0 Å². The van der Waals surface area contributed by atoms with Gasteiger partial charge in [0.15, 0.2) is 5.16 Å². The van der Waals surface area contributed by atoms with Crippen molar-refractivity contribution >= 4 is 23.5 Å². The second kappa shape index (κ2) is 7.66. The van der Waals surface area contributed by atoms with Crippen LogP contribution in [0.25, 0.3) is 0 Å². The molecule has 3 rings (SSSR count). The Kier molecular flexibility index (Phi) is 5.35. The van der Waals surface area contributed by atoms with E-state index in [0.717, 1.165) is 18.5 Å². The Morgan fingerprint density at radius 2 is 2.21 bits per heavy atom. The number of nitrogen functional groups attached to an aromatic ring is 1. The number of hydrogen-bond acceptors (Lipinski definition) is 5. The number of aromatic nitrogens is 2. The van der Waals surface area contributed by atoms with Crippen LogP contribution >= 0.6 is 11.8 Å². The van der Waals surface area contributed by atoms with Crippen LogP contribution in [0.15, 0.2) is 35.5 Å². The summed E-state index contributed by atoms with van der Waals surface area (Å²) in [4.78, 5) is 20.5. The maximum absolute atomic E-state index is 12.1. The lowest BCUT2D eigenvalue weighted by Crippen LogP contribution is -2.31. The minimum atomic E-state index is 0.00623. The lowest BCUT2D eigenvalue weighted by atomic mass is 9.83. The molecule has 1 unspecified atom stereocenters. The Balaban J connectivity index is 1.51. The van der Waals surface area contributed by atoms with E-state index in [0.29, 0.717) is 29.2 Å². The van der Waals surface area contributed by atoms with Crippen molar-refractivity contribution in [3.05, 3.63) is 47.2 Å². The van der Waals surface area contributed by atoms with E-state index in [1.807, 2.05) is 6.92 Å². The number of nitrogens with two attached hydrogens (primary N) is 1. The molecule has 5 nitrogen and oxygen atoms in total. The number of thioether (sulfide) groups is 1. The van der Waals surface area contributed by atoms with Crippen LogP contribution in [0.1, 0.15) is 35.6 Å². The highest BCUT2D eigenvalue weighted by molar-refractivity contribution is 7.99. The first-order valence-corrected chi connectivity index (χ1v) is 9.19. The molecule has 6 heteroatoms. The molecule has 0 aliphatic heterocycles. The van der Waals surface area contributed by atoms with Crippen molar-refractivity contribution in [1.82, 2.24) is 15.3 Å². The number of rotatable bonds is 5. The van der Waals surface area contributed by atoms with Crippen molar-refractivity contribution in [2.45, 2.75) is 37.3 Å². The standard InChI is InChI=1S/C18H22N4OS/c1-12-9-16(19)22-18(21-12)24-11-17(23)20-10-14-7-4-6-13-5-2-3-8-15(13)14/h2-3,5,8-9,14H,4,6-7,10-11H2,1H3,(H,20,23)(H2,19,21,22). The number of hydrogen-bond donors (Lipinski definition) is 2. The number of benzene rings is 1. The molecule has 0 saturated heterocycles. The predicted molar refractivity (Wildman–Crippen MR) is 97.0 cm³/mol. The number of anilines is 1. The van der Waals surface area contributed by atoms with E-state index in [9.17, 15) is 4.79 Å². The minimum absolute atomic E-state index is 0.00623. The van der Waals surface area contributed by atoms with E-state index >= 15 is 0 Å². The second-order valence-corrected chi connectivity index (χ2v) is 7.04. The zero-order chi connectivity index (χ0) is 16.9. The van der Waals surface area contributed by atoms with Gasteiger partial charge in [-0.25, -0.2) is 9.97 Å². The number of carbonyl (C=O) groups is 1. The Hall–Kier alpha value is -2.08. The molecule has 1 heterocycles. The maximum Gasteiger partial charge on any atom is 0.230 e. The predicted octanol–water partition coefficient (Wildman–Crippen LogP) is 2.70. The summed E-state index contributed by atoms with van der Waals surface area (Å²) >= 11 is 1.31. The van der Waals surface area contributed by atoms with Gasteiger partial charge in [0, 0.05) is 24.2 Å². The zero-order valence-electron chi connectivity index (χ0n) is 13.8. The number of carbonyl (C=O) groups excluding carboxylic acids is 1. The number of nitrogens with zero attached hydrogens (tertiary/aromatic N) is 2. The second-order valence-electron chi connectivity index (χ2n) is 6.10. The molecule has 1 amide bonds. The fourth-order valence-electron chi connectivity index (χ4n) is 3.11. The lowest BCUT2D eigenvalue weighted by molar-refractivity contribution is -0.118. The highest BCUT2D eigenvalue weighted by atomic mass is 32.2. The van der Waals surface area contributed by atoms with Gasteiger partial charge in [0.05, 0.1) is 5.75 Å². The fraction of sp³-hybridized carbons (Fsp3) is 0.389. The monoisotopic (exact) mass is 342 g/mol. The molecule has 24 heavy (non-hydrogen) atoms. The molecule has 0 radical (unpaired) electrons. The summed E-state index contributed by atoms with van der Waals surface area (Å²) < 4.78 is 0. The number of aryl methyl sites for hydroxylation is 2. The van der Waals surface area contributed by atoms with Gasteiger partial charge in [-0.2, -0.15) is 0 Å². The van der Waals surface area contributed by atoms with Gasteiger partial charge >= 0.3 is 0 Å². The van der Waals surface area contributed by atoms with Crippen LogP contribution in [-0.2, 0) is 11.2 Å². The molecule has 1 aliphatic carbocycles. The van der Waals surface area contributed by atoms with Gasteiger partial charge in [0.25, 0.3) is 0 Å². The minimum Gasteiger partial charge on any atom is -0.384 e. The maximum atomic E-state index is 12.1. The third kappa shape index (κ3) is 4.26. The van der Waals surface area contributed by atoms with Crippen LogP contribution in [0.5, 0.6) is 0 Å². The lowest BCUT2D eigenvalue weighted by Gasteiger charge is -2.25. The van der Waals surface area contributed by atoms with Gasteiger partial charge in [-0.1, -0.05) is 36.0 Å². The van der Waals surface area contributed by atoms with Crippen LogP contribution in [0, 0.1) is 6.92 Å². The smallest absolute Gasteiger partial charge is 0.230 e. The Morgan fingerprint density at radius 3 is 3.04 bits per heavy atom.